The highest BCUT2D eigenvalue weighted by Gasteiger charge is 2.50. The minimum absolute atomic E-state index is 0.384. The molecule has 8 heteroatoms. The number of carbonyl (C=O) groups excluding carboxylic acids is 2. The smallest absolute Gasteiger partial charge is 0.258 e. The monoisotopic (exact) mass is 423 g/mol. The molecule has 0 radical (unpaired) electrons. The first-order chi connectivity index (χ1) is 12.8. The lowest BCUT2D eigenvalue weighted by Gasteiger charge is -2.30. The minimum Gasteiger partial charge on any atom is -0.348 e. The Morgan fingerprint density at radius 1 is 1.07 bits per heavy atom. The molecule has 5 nitrogen and oxygen atoms in total. The van der Waals surface area contributed by atoms with Crippen molar-refractivity contribution in [1.82, 2.24) is 5.32 Å². The van der Waals surface area contributed by atoms with Crippen molar-refractivity contribution in [3.63, 3.8) is 0 Å². The summed E-state index contributed by atoms with van der Waals surface area (Å²) in [5, 5.41) is 8.38. The van der Waals surface area contributed by atoms with Crippen LogP contribution < -0.4 is 10.3 Å². The lowest BCUT2D eigenvalue weighted by Crippen LogP contribution is -2.53. The van der Waals surface area contributed by atoms with Crippen LogP contribution in [0.5, 0.6) is 0 Å². The number of alkyl halides is 3. The van der Waals surface area contributed by atoms with Crippen molar-refractivity contribution in [3.8, 4) is 0 Å². The summed E-state index contributed by atoms with van der Waals surface area (Å²) in [6.45, 7) is 1.30. The minimum atomic E-state index is -1.91. The largest absolute Gasteiger partial charge is 0.348 e. The predicted octanol–water partition coefficient (Wildman–Crippen LogP) is 3.93. The number of benzene rings is 2. The van der Waals surface area contributed by atoms with Gasteiger partial charge >= 0.3 is 0 Å². The van der Waals surface area contributed by atoms with Gasteiger partial charge in [0.05, 0.1) is 17.4 Å². The summed E-state index contributed by atoms with van der Waals surface area (Å²) in [4.78, 5) is 25.0. The summed E-state index contributed by atoms with van der Waals surface area (Å²) in [5.74, 6) is -1.75. The Bertz CT molecular complexity index is 867. The first kappa shape index (κ1) is 19.7. The molecule has 0 aliphatic carbocycles. The predicted molar refractivity (Wildman–Crippen MR) is 108 cm³/mol. The van der Waals surface area contributed by atoms with Crippen LogP contribution in [0.1, 0.15) is 12.5 Å². The lowest BCUT2D eigenvalue weighted by molar-refractivity contribution is -0.122. The number of hydrazone groups is 1. The number of rotatable bonds is 4. The molecule has 0 unspecified atom stereocenters. The van der Waals surface area contributed by atoms with Crippen molar-refractivity contribution < 1.29 is 9.59 Å². The van der Waals surface area contributed by atoms with Gasteiger partial charge in [-0.2, -0.15) is 10.1 Å². The Balaban J connectivity index is 2.11. The zero-order chi connectivity index (χ0) is 19.6. The van der Waals surface area contributed by atoms with E-state index in [-0.39, 0.29) is 5.91 Å². The number of anilines is 1. The Morgan fingerprint density at radius 2 is 1.63 bits per heavy atom. The molecule has 2 amide bonds. The van der Waals surface area contributed by atoms with E-state index in [1.165, 1.54) is 11.9 Å². The molecule has 27 heavy (non-hydrogen) atoms. The number of halogens is 3. The number of nitrogens with zero attached hydrogens (tertiary/aromatic N) is 2. The van der Waals surface area contributed by atoms with Gasteiger partial charge in [0, 0.05) is 6.92 Å². The molecule has 2 atom stereocenters. The summed E-state index contributed by atoms with van der Waals surface area (Å²) in [6, 6.07) is 17.0. The number of nitrogens with one attached hydrogen (secondary N) is 1. The first-order valence-corrected chi connectivity index (χ1v) is 9.29. The lowest BCUT2D eigenvalue weighted by atomic mass is 9.90. The number of hydrogen-bond donors (Lipinski definition) is 1. The highest BCUT2D eigenvalue weighted by molar-refractivity contribution is 6.68. The molecule has 0 saturated carbocycles. The molecule has 1 aliphatic heterocycles. The quantitative estimate of drug-likeness (QED) is 0.756. The molecular formula is C19H16Cl3N3O2. The van der Waals surface area contributed by atoms with E-state index in [0.29, 0.717) is 17.0 Å². The number of amides is 2. The van der Waals surface area contributed by atoms with Crippen LogP contribution in [0.4, 0.5) is 5.69 Å². The number of para-hydroxylation sites is 1. The number of carbonyl (C=O) groups is 2. The molecule has 0 bridgehead atoms. The van der Waals surface area contributed by atoms with Crippen LogP contribution in [-0.4, -0.2) is 27.4 Å². The standard InChI is InChI=1S/C19H16Cl3N3O2/c1-12(26)23-17(19(20,21)22)15-16(13-8-4-2-5-9-13)24-25(18(15)27)14-10-6-3-7-11-14/h2-11,15,17H,1H3,(H,23,26)/t15-,17-/m1/s1. The van der Waals surface area contributed by atoms with Gasteiger partial charge in [0.15, 0.2) is 0 Å². The molecule has 3 rings (SSSR count). The van der Waals surface area contributed by atoms with Gasteiger partial charge in [0.25, 0.3) is 5.91 Å². The van der Waals surface area contributed by atoms with Gasteiger partial charge in [-0.1, -0.05) is 83.3 Å². The zero-order valence-corrected chi connectivity index (χ0v) is 16.5. The van der Waals surface area contributed by atoms with Crippen LogP contribution in [0.25, 0.3) is 0 Å². The molecular weight excluding hydrogens is 409 g/mol. The van der Waals surface area contributed by atoms with Gasteiger partial charge in [-0.05, 0) is 17.7 Å². The molecule has 1 heterocycles. The molecule has 0 fully saturated rings. The van der Waals surface area contributed by atoms with Crippen molar-refractivity contribution in [2.24, 2.45) is 11.0 Å². The van der Waals surface area contributed by atoms with Crippen molar-refractivity contribution >= 4 is 58.0 Å². The van der Waals surface area contributed by atoms with Crippen molar-refractivity contribution in [1.29, 1.82) is 0 Å². The number of hydrogen-bond acceptors (Lipinski definition) is 3. The Labute approximate surface area is 171 Å². The van der Waals surface area contributed by atoms with Crippen LogP contribution in [0, 0.1) is 5.92 Å². The zero-order valence-electron chi connectivity index (χ0n) is 14.3. The molecule has 0 aromatic heterocycles. The summed E-state index contributed by atoms with van der Waals surface area (Å²) in [5.41, 5.74) is 1.72. The van der Waals surface area contributed by atoms with E-state index in [0.717, 1.165) is 0 Å². The molecule has 2 aromatic rings. The van der Waals surface area contributed by atoms with Gasteiger partial charge in [-0.15, -0.1) is 0 Å². The third-order valence-electron chi connectivity index (χ3n) is 4.09. The summed E-state index contributed by atoms with van der Waals surface area (Å²) in [6.07, 6.45) is 0. The SMILES string of the molecule is CC(=O)N[C@H]([C@@H]1C(=O)N(c2ccccc2)N=C1c1ccccc1)C(Cl)(Cl)Cl. The highest BCUT2D eigenvalue weighted by Crippen LogP contribution is 2.39. The van der Waals surface area contributed by atoms with Gasteiger partial charge in [0.1, 0.15) is 5.92 Å². The van der Waals surface area contributed by atoms with E-state index in [2.05, 4.69) is 10.4 Å². The Hall–Kier alpha value is -2.08. The second-order valence-electron chi connectivity index (χ2n) is 6.03. The fourth-order valence-electron chi connectivity index (χ4n) is 2.94. The Morgan fingerprint density at radius 3 is 2.15 bits per heavy atom. The topological polar surface area (TPSA) is 61.8 Å². The average Bonchev–Trinajstić information content (AvgIpc) is 2.97. The average molecular weight is 425 g/mol. The van der Waals surface area contributed by atoms with Crippen LogP contribution in [0.3, 0.4) is 0 Å². The van der Waals surface area contributed by atoms with E-state index in [1.807, 2.05) is 36.4 Å². The van der Waals surface area contributed by atoms with E-state index in [1.54, 1.807) is 24.3 Å². The molecule has 1 aliphatic rings. The second-order valence-corrected chi connectivity index (χ2v) is 8.40. The van der Waals surface area contributed by atoms with Gasteiger partial charge < -0.3 is 5.32 Å². The summed E-state index contributed by atoms with van der Waals surface area (Å²) < 4.78 is -1.91. The van der Waals surface area contributed by atoms with E-state index in [9.17, 15) is 9.59 Å². The van der Waals surface area contributed by atoms with Gasteiger partial charge in [0.2, 0.25) is 9.70 Å². The van der Waals surface area contributed by atoms with Crippen LogP contribution in [0.2, 0.25) is 0 Å². The van der Waals surface area contributed by atoms with E-state index < -0.39 is 21.7 Å². The van der Waals surface area contributed by atoms with E-state index in [4.69, 9.17) is 34.8 Å². The van der Waals surface area contributed by atoms with Gasteiger partial charge in [-0.3, -0.25) is 9.59 Å². The maximum Gasteiger partial charge on any atom is 0.258 e. The van der Waals surface area contributed by atoms with Crippen LogP contribution in [-0.2, 0) is 9.59 Å². The van der Waals surface area contributed by atoms with Crippen molar-refractivity contribution in [2.75, 3.05) is 5.01 Å². The summed E-state index contributed by atoms with van der Waals surface area (Å²) in [7, 11) is 0. The highest BCUT2D eigenvalue weighted by atomic mass is 35.6. The maximum absolute atomic E-state index is 13.2. The third kappa shape index (κ3) is 4.26. The van der Waals surface area contributed by atoms with E-state index >= 15 is 0 Å². The van der Waals surface area contributed by atoms with Crippen LogP contribution in [0.15, 0.2) is 65.8 Å². The fraction of sp³-hybridized carbons (Fsp3) is 0.211. The molecule has 1 N–H and O–H groups in total. The Kier molecular flexibility index (Phi) is 5.75. The summed E-state index contributed by atoms with van der Waals surface area (Å²) >= 11 is 18.4. The molecule has 2 aromatic carbocycles. The molecule has 140 valence electrons. The third-order valence-corrected chi connectivity index (χ3v) is 4.80. The van der Waals surface area contributed by atoms with Gasteiger partial charge in [-0.25, -0.2) is 0 Å². The van der Waals surface area contributed by atoms with Crippen LogP contribution >= 0.6 is 34.8 Å². The maximum atomic E-state index is 13.2. The normalized spacial score (nSPS) is 18.2. The first-order valence-electron chi connectivity index (χ1n) is 8.16. The fourth-order valence-corrected chi connectivity index (χ4v) is 3.48. The van der Waals surface area contributed by atoms with Crippen molar-refractivity contribution in [2.45, 2.75) is 16.8 Å². The molecule has 0 saturated heterocycles. The van der Waals surface area contributed by atoms with Crippen molar-refractivity contribution in [3.05, 3.63) is 66.2 Å². The molecule has 0 spiro atoms. The second kappa shape index (κ2) is 7.89.